The molecule has 1 aliphatic rings. The van der Waals surface area contributed by atoms with E-state index >= 15 is 0 Å². The van der Waals surface area contributed by atoms with Crippen LogP contribution in [-0.4, -0.2) is 52.2 Å². The quantitative estimate of drug-likeness (QED) is 0.638. The fourth-order valence-electron chi connectivity index (χ4n) is 3.44. The molecular formula is C22H29N3O4S. The van der Waals surface area contributed by atoms with Crippen LogP contribution in [0.25, 0.3) is 0 Å². The van der Waals surface area contributed by atoms with Gasteiger partial charge in [0.05, 0.1) is 11.9 Å². The van der Waals surface area contributed by atoms with Crippen molar-refractivity contribution >= 4 is 27.3 Å². The molecule has 1 amide bonds. The van der Waals surface area contributed by atoms with Crippen molar-refractivity contribution in [3.63, 3.8) is 0 Å². The molecule has 30 heavy (non-hydrogen) atoms. The third kappa shape index (κ3) is 6.21. The molecule has 1 aliphatic heterocycles. The van der Waals surface area contributed by atoms with Gasteiger partial charge in [0, 0.05) is 30.8 Å². The lowest BCUT2D eigenvalue weighted by molar-refractivity contribution is -0.116. The summed E-state index contributed by atoms with van der Waals surface area (Å²) in [6.45, 7) is 4.20. The second kappa shape index (κ2) is 9.49. The van der Waals surface area contributed by atoms with E-state index in [0.29, 0.717) is 25.1 Å². The molecule has 0 saturated carbocycles. The summed E-state index contributed by atoms with van der Waals surface area (Å²) in [5.41, 5.74) is 4.75. The Kier molecular flexibility index (Phi) is 6.99. The Labute approximate surface area is 178 Å². The van der Waals surface area contributed by atoms with Crippen LogP contribution >= 0.6 is 0 Å². The van der Waals surface area contributed by atoms with Gasteiger partial charge in [-0.25, -0.2) is 8.42 Å². The molecule has 162 valence electrons. The molecular weight excluding hydrogens is 402 g/mol. The van der Waals surface area contributed by atoms with Crippen molar-refractivity contribution in [3.05, 3.63) is 53.1 Å². The zero-order valence-corrected chi connectivity index (χ0v) is 18.5. The molecule has 0 bridgehead atoms. The van der Waals surface area contributed by atoms with Crippen molar-refractivity contribution in [3.8, 4) is 5.75 Å². The highest BCUT2D eigenvalue weighted by atomic mass is 32.2. The number of hydrogen-bond acceptors (Lipinski definition) is 5. The molecule has 0 spiro atoms. The number of carbonyl (C=O) groups excluding carboxylic acids is 1. The number of ether oxygens (including phenoxy) is 1. The van der Waals surface area contributed by atoms with Crippen LogP contribution in [0.3, 0.4) is 0 Å². The normalized spacial score (nSPS) is 13.7. The first-order valence-electron chi connectivity index (χ1n) is 10.0. The summed E-state index contributed by atoms with van der Waals surface area (Å²) in [6.07, 6.45) is 3.20. The molecule has 2 N–H and O–H groups in total. The molecule has 0 radical (unpaired) electrons. The third-order valence-corrected chi connectivity index (χ3v) is 5.72. The maximum atomic E-state index is 11.7. The van der Waals surface area contributed by atoms with Gasteiger partial charge in [-0.3, -0.25) is 9.52 Å². The van der Waals surface area contributed by atoms with Gasteiger partial charge in [-0.1, -0.05) is 18.2 Å². The number of amides is 1. The number of hydrogen-bond donors (Lipinski definition) is 2. The number of fused-ring (bicyclic) bond motifs is 1. The second-order valence-electron chi connectivity index (χ2n) is 7.76. The maximum Gasteiger partial charge on any atom is 0.229 e. The predicted octanol–water partition coefficient (Wildman–Crippen LogP) is 2.80. The lowest BCUT2D eigenvalue weighted by Gasteiger charge is -2.23. The molecule has 0 unspecified atom stereocenters. The molecule has 7 nitrogen and oxygen atoms in total. The Morgan fingerprint density at radius 2 is 1.83 bits per heavy atom. The van der Waals surface area contributed by atoms with Gasteiger partial charge in [0.25, 0.3) is 0 Å². The summed E-state index contributed by atoms with van der Waals surface area (Å²) in [7, 11) is -1.20. The smallest absolute Gasteiger partial charge is 0.229 e. The van der Waals surface area contributed by atoms with Crippen molar-refractivity contribution < 1.29 is 17.9 Å². The highest BCUT2D eigenvalue weighted by Gasteiger charge is 2.20. The number of likely N-dealkylation sites (N-methyl/N-ethyl adjacent to an activating group) is 1. The molecule has 3 rings (SSSR count). The average Bonchev–Trinajstić information content (AvgIpc) is 2.68. The summed E-state index contributed by atoms with van der Waals surface area (Å²) in [6, 6.07) is 11.4. The number of carbonyl (C=O) groups is 1. The number of aryl methyl sites for hydroxylation is 1. The van der Waals surface area contributed by atoms with E-state index in [9.17, 15) is 13.2 Å². The minimum Gasteiger partial charge on any atom is -0.492 e. The summed E-state index contributed by atoms with van der Waals surface area (Å²) in [5.74, 6) is 0.903. The highest BCUT2D eigenvalue weighted by Crippen LogP contribution is 2.34. The SMILES string of the molecule is Cc1ccc(OCCN(C)CCc2ccc(NS(C)(=O)=O)cc2)c2c1NC(=O)CC2. The summed E-state index contributed by atoms with van der Waals surface area (Å²) in [4.78, 5) is 13.9. The van der Waals surface area contributed by atoms with Gasteiger partial charge in [-0.15, -0.1) is 0 Å². The van der Waals surface area contributed by atoms with Gasteiger partial charge in [-0.2, -0.15) is 0 Å². The lowest BCUT2D eigenvalue weighted by Crippen LogP contribution is -2.27. The summed E-state index contributed by atoms with van der Waals surface area (Å²) < 4.78 is 31.0. The molecule has 2 aromatic rings. The lowest BCUT2D eigenvalue weighted by atomic mass is 9.98. The molecule has 1 heterocycles. The molecule has 0 saturated heterocycles. The van der Waals surface area contributed by atoms with Gasteiger partial charge in [-0.05, 0) is 56.1 Å². The Morgan fingerprint density at radius 1 is 1.10 bits per heavy atom. The monoisotopic (exact) mass is 431 g/mol. The first-order valence-corrected chi connectivity index (χ1v) is 11.9. The number of benzene rings is 2. The van der Waals surface area contributed by atoms with Crippen molar-refractivity contribution in [2.24, 2.45) is 0 Å². The van der Waals surface area contributed by atoms with Crippen LogP contribution in [0.4, 0.5) is 11.4 Å². The first-order chi connectivity index (χ1) is 14.2. The number of nitrogens with one attached hydrogen (secondary N) is 2. The van der Waals surface area contributed by atoms with Gasteiger partial charge < -0.3 is 15.0 Å². The topological polar surface area (TPSA) is 87.7 Å². The molecule has 0 atom stereocenters. The van der Waals surface area contributed by atoms with Gasteiger partial charge in [0.1, 0.15) is 12.4 Å². The fraction of sp³-hybridized carbons (Fsp3) is 0.409. The van der Waals surface area contributed by atoms with Crippen LogP contribution in [0.5, 0.6) is 5.75 Å². The van der Waals surface area contributed by atoms with Gasteiger partial charge in [0.15, 0.2) is 0 Å². The standard InChI is InChI=1S/C22H29N3O4S/c1-16-4-10-20(19-9-11-21(26)23-22(16)19)29-15-14-25(2)13-12-17-5-7-18(8-6-17)24-30(3,27)28/h4-8,10,24H,9,11-15H2,1-3H3,(H,23,26). The van der Waals surface area contributed by atoms with Crippen molar-refractivity contribution in [1.29, 1.82) is 0 Å². The minimum atomic E-state index is -3.25. The number of anilines is 2. The zero-order valence-electron chi connectivity index (χ0n) is 17.7. The molecule has 2 aromatic carbocycles. The van der Waals surface area contributed by atoms with Crippen molar-refractivity contribution in [2.75, 3.05) is 43.0 Å². The van der Waals surface area contributed by atoms with Crippen LogP contribution in [0.15, 0.2) is 36.4 Å². The molecule has 0 fully saturated rings. The van der Waals surface area contributed by atoms with Crippen molar-refractivity contribution in [1.82, 2.24) is 4.90 Å². The summed E-state index contributed by atoms with van der Waals surface area (Å²) >= 11 is 0. The van der Waals surface area contributed by atoms with E-state index < -0.39 is 10.0 Å². The Hall–Kier alpha value is -2.58. The molecule has 0 aromatic heterocycles. The van der Waals surface area contributed by atoms with Crippen molar-refractivity contribution in [2.45, 2.75) is 26.2 Å². The molecule has 0 aliphatic carbocycles. The third-order valence-electron chi connectivity index (χ3n) is 5.11. The Balaban J connectivity index is 1.46. The van der Waals surface area contributed by atoms with Crippen LogP contribution in [0.2, 0.25) is 0 Å². The Bertz CT molecular complexity index is 1000. The highest BCUT2D eigenvalue weighted by molar-refractivity contribution is 7.92. The molecule has 8 heteroatoms. The number of rotatable bonds is 9. The van der Waals surface area contributed by atoms with Crippen LogP contribution in [0, 0.1) is 6.92 Å². The number of nitrogens with zero attached hydrogens (tertiary/aromatic N) is 1. The van der Waals surface area contributed by atoms with E-state index in [1.165, 1.54) is 0 Å². The summed E-state index contributed by atoms with van der Waals surface area (Å²) in [5, 5.41) is 2.96. The fourth-order valence-corrected chi connectivity index (χ4v) is 4.00. The predicted molar refractivity (Wildman–Crippen MR) is 120 cm³/mol. The zero-order chi connectivity index (χ0) is 21.7. The number of sulfonamides is 1. The van der Waals surface area contributed by atoms with Crippen LogP contribution in [-0.2, 0) is 27.7 Å². The maximum absolute atomic E-state index is 11.7. The van der Waals surface area contributed by atoms with Crippen LogP contribution < -0.4 is 14.8 Å². The van der Waals surface area contributed by atoms with Gasteiger partial charge >= 0.3 is 0 Å². The van der Waals surface area contributed by atoms with Crippen LogP contribution in [0.1, 0.15) is 23.1 Å². The van der Waals surface area contributed by atoms with E-state index in [0.717, 1.165) is 53.9 Å². The largest absolute Gasteiger partial charge is 0.492 e. The van der Waals surface area contributed by atoms with E-state index in [-0.39, 0.29) is 5.91 Å². The van der Waals surface area contributed by atoms with E-state index in [2.05, 4.69) is 14.9 Å². The van der Waals surface area contributed by atoms with E-state index in [1.807, 2.05) is 38.2 Å². The van der Waals surface area contributed by atoms with E-state index in [4.69, 9.17) is 4.74 Å². The second-order valence-corrected chi connectivity index (χ2v) is 9.50. The first kappa shape index (κ1) is 22.1. The van der Waals surface area contributed by atoms with Gasteiger partial charge in [0.2, 0.25) is 15.9 Å². The van der Waals surface area contributed by atoms with E-state index in [1.54, 1.807) is 12.1 Å². The Morgan fingerprint density at radius 3 is 2.53 bits per heavy atom. The minimum absolute atomic E-state index is 0.0580. The average molecular weight is 432 g/mol.